The number of rotatable bonds is 8. The molecule has 2 rings (SSSR count). The van der Waals surface area contributed by atoms with E-state index in [0.29, 0.717) is 18.6 Å². The number of nitrogens with one attached hydrogen (secondary N) is 1. The molecule has 0 saturated carbocycles. The minimum atomic E-state index is -0.279. The van der Waals surface area contributed by atoms with Crippen molar-refractivity contribution in [3.8, 4) is 0 Å². The quantitative estimate of drug-likeness (QED) is 0.584. The van der Waals surface area contributed by atoms with Gasteiger partial charge in [0.1, 0.15) is 0 Å². The third-order valence-corrected chi connectivity index (χ3v) is 3.66. The van der Waals surface area contributed by atoms with Crippen molar-refractivity contribution in [2.45, 2.75) is 26.7 Å². The van der Waals surface area contributed by atoms with Gasteiger partial charge in [0.2, 0.25) is 0 Å². The molecule has 0 radical (unpaired) electrons. The maximum absolute atomic E-state index is 12.6. The summed E-state index contributed by atoms with van der Waals surface area (Å²) >= 11 is 0. The van der Waals surface area contributed by atoms with Crippen LogP contribution in [0.1, 0.15) is 31.4 Å². The second-order valence-corrected chi connectivity index (χ2v) is 5.53. The van der Waals surface area contributed by atoms with Crippen LogP contribution >= 0.6 is 0 Å². The fourth-order valence-corrected chi connectivity index (χ4v) is 2.54. The lowest BCUT2D eigenvalue weighted by Gasteiger charge is -2.17. The van der Waals surface area contributed by atoms with Gasteiger partial charge in [-0.2, -0.15) is 0 Å². The number of benzene rings is 2. The predicted molar refractivity (Wildman–Crippen MR) is 98.4 cm³/mol. The standard InChI is InChI=1S/C21H25NO2/c1-3-15-22-19(16-17-11-7-5-8-12-17)20(21(23)24-4-2)18-13-9-6-10-14-18/h5-14,22H,3-4,15-16H2,1-2H3/b20-19-. The van der Waals surface area contributed by atoms with Gasteiger partial charge in [0.25, 0.3) is 0 Å². The molecule has 3 heteroatoms. The summed E-state index contributed by atoms with van der Waals surface area (Å²) in [5.74, 6) is -0.279. The molecule has 0 amide bonds. The topological polar surface area (TPSA) is 38.3 Å². The van der Waals surface area contributed by atoms with Crippen LogP contribution in [0.4, 0.5) is 0 Å². The Morgan fingerprint density at radius 2 is 1.58 bits per heavy atom. The summed E-state index contributed by atoms with van der Waals surface area (Å²) in [6.07, 6.45) is 1.66. The highest BCUT2D eigenvalue weighted by molar-refractivity contribution is 6.17. The third kappa shape index (κ3) is 4.98. The van der Waals surface area contributed by atoms with Crippen molar-refractivity contribution >= 4 is 11.5 Å². The van der Waals surface area contributed by atoms with Crippen LogP contribution < -0.4 is 5.32 Å². The number of ether oxygens (including phenoxy) is 1. The minimum absolute atomic E-state index is 0.279. The van der Waals surface area contributed by atoms with Gasteiger partial charge >= 0.3 is 5.97 Å². The molecule has 126 valence electrons. The van der Waals surface area contributed by atoms with Gasteiger partial charge in [-0.05, 0) is 24.5 Å². The molecule has 2 aromatic rings. The zero-order valence-electron chi connectivity index (χ0n) is 14.4. The van der Waals surface area contributed by atoms with Gasteiger partial charge in [-0.25, -0.2) is 4.79 Å². The fourth-order valence-electron chi connectivity index (χ4n) is 2.54. The van der Waals surface area contributed by atoms with Crippen molar-refractivity contribution in [3.63, 3.8) is 0 Å². The van der Waals surface area contributed by atoms with Crippen LogP contribution in [0.25, 0.3) is 5.57 Å². The number of hydrogen-bond acceptors (Lipinski definition) is 3. The molecule has 0 spiro atoms. The van der Waals surface area contributed by atoms with Gasteiger partial charge in [-0.3, -0.25) is 0 Å². The molecule has 0 fully saturated rings. The highest BCUT2D eigenvalue weighted by atomic mass is 16.5. The van der Waals surface area contributed by atoms with Gasteiger partial charge in [0, 0.05) is 18.7 Å². The van der Waals surface area contributed by atoms with Crippen molar-refractivity contribution < 1.29 is 9.53 Å². The SMILES string of the molecule is CCCN/C(Cc1ccccc1)=C(\C(=O)OCC)c1ccccc1. The zero-order valence-corrected chi connectivity index (χ0v) is 14.4. The number of esters is 1. The number of hydrogen-bond donors (Lipinski definition) is 1. The van der Waals surface area contributed by atoms with E-state index in [4.69, 9.17) is 4.74 Å². The number of carbonyl (C=O) groups excluding carboxylic acids is 1. The summed E-state index contributed by atoms with van der Waals surface area (Å²) in [7, 11) is 0. The summed E-state index contributed by atoms with van der Waals surface area (Å²) in [4.78, 5) is 12.6. The van der Waals surface area contributed by atoms with Crippen LogP contribution in [0, 0.1) is 0 Å². The van der Waals surface area contributed by atoms with E-state index in [1.54, 1.807) is 0 Å². The van der Waals surface area contributed by atoms with E-state index in [-0.39, 0.29) is 5.97 Å². The molecule has 0 atom stereocenters. The van der Waals surface area contributed by atoms with Crippen LogP contribution in [0.5, 0.6) is 0 Å². The zero-order chi connectivity index (χ0) is 17.2. The molecule has 0 aliphatic heterocycles. The van der Waals surface area contributed by atoms with E-state index in [1.165, 1.54) is 0 Å². The maximum Gasteiger partial charge on any atom is 0.340 e. The first-order valence-corrected chi connectivity index (χ1v) is 8.49. The molecule has 0 aliphatic rings. The third-order valence-electron chi connectivity index (χ3n) is 3.66. The Bertz CT molecular complexity index is 663. The molecule has 1 N–H and O–H groups in total. The van der Waals surface area contributed by atoms with Crippen LogP contribution in [0.15, 0.2) is 66.4 Å². The smallest absolute Gasteiger partial charge is 0.340 e. The minimum Gasteiger partial charge on any atom is -0.462 e. The molecule has 0 aromatic heterocycles. The monoisotopic (exact) mass is 323 g/mol. The molecule has 24 heavy (non-hydrogen) atoms. The highest BCUT2D eigenvalue weighted by Gasteiger charge is 2.19. The highest BCUT2D eigenvalue weighted by Crippen LogP contribution is 2.22. The second kappa shape index (κ2) is 9.56. The van der Waals surface area contributed by atoms with E-state index < -0.39 is 0 Å². The lowest BCUT2D eigenvalue weighted by Crippen LogP contribution is -2.21. The lowest BCUT2D eigenvalue weighted by molar-refractivity contribution is -0.136. The van der Waals surface area contributed by atoms with Crippen molar-refractivity contribution in [1.82, 2.24) is 5.32 Å². The van der Waals surface area contributed by atoms with Gasteiger partial charge in [0.15, 0.2) is 0 Å². The normalized spacial score (nSPS) is 11.6. The van der Waals surface area contributed by atoms with Crippen LogP contribution in [0.2, 0.25) is 0 Å². The molecule has 0 saturated heterocycles. The lowest BCUT2D eigenvalue weighted by atomic mass is 9.99. The first kappa shape index (κ1) is 17.8. The van der Waals surface area contributed by atoms with Gasteiger partial charge in [-0.15, -0.1) is 0 Å². The Hall–Kier alpha value is -2.55. The molecule has 2 aromatic carbocycles. The van der Waals surface area contributed by atoms with Gasteiger partial charge < -0.3 is 10.1 Å². The van der Waals surface area contributed by atoms with E-state index in [0.717, 1.165) is 29.8 Å². The average molecular weight is 323 g/mol. The average Bonchev–Trinajstić information content (AvgIpc) is 2.62. The Kier molecular flexibility index (Phi) is 7.09. The first-order valence-electron chi connectivity index (χ1n) is 8.49. The molecule has 0 bridgehead atoms. The summed E-state index contributed by atoms with van der Waals surface area (Å²) in [5.41, 5.74) is 3.57. The van der Waals surface area contributed by atoms with Crippen LogP contribution in [-0.2, 0) is 16.0 Å². The summed E-state index contributed by atoms with van der Waals surface area (Å²) in [6.45, 7) is 5.12. The Morgan fingerprint density at radius 3 is 2.17 bits per heavy atom. The Morgan fingerprint density at radius 1 is 0.958 bits per heavy atom. The van der Waals surface area contributed by atoms with Crippen LogP contribution in [0.3, 0.4) is 0 Å². The molecular formula is C21H25NO2. The van der Waals surface area contributed by atoms with E-state index in [2.05, 4.69) is 24.4 Å². The fraction of sp³-hybridized carbons (Fsp3) is 0.286. The Balaban J connectivity index is 2.47. The van der Waals surface area contributed by atoms with Crippen molar-refractivity contribution in [2.24, 2.45) is 0 Å². The Labute approximate surface area is 144 Å². The van der Waals surface area contributed by atoms with Crippen LogP contribution in [-0.4, -0.2) is 19.1 Å². The number of allylic oxidation sites excluding steroid dienone is 1. The second-order valence-electron chi connectivity index (χ2n) is 5.53. The summed E-state index contributed by atoms with van der Waals surface area (Å²) in [5, 5.41) is 3.43. The molecule has 0 unspecified atom stereocenters. The largest absolute Gasteiger partial charge is 0.462 e. The molecule has 0 aliphatic carbocycles. The first-order chi connectivity index (χ1) is 11.8. The van der Waals surface area contributed by atoms with Gasteiger partial charge in [0.05, 0.1) is 12.2 Å². The predicted octanol–water partition coefficient (Wildman–Crippen LogP) is 4.20. The van der Waals surface area contributed by atoms with E-state index in [9.17, 15) is 4.79 Å². The molecular weight excluding hydrogens is 298 g/mol. The summed E-state index contributed by atoms with van der Waals surface area (Å²) < 4.78 is 5.32. The van der Waals surface area contributed by atoms with E-state index >= 15 is 0 Å². The molecule has 0 heterocycles. The van der Waals surface area contributed by atoms with Crippen molar-refractivity contribution in [1.29, 1.82) is 0 Å². The number of carbonyl (C=O) groups is 1. The van der Waals surface area contributed by atoms with Crippen molar-refractivity contribution in [3.05, 3.63) is 77.5 Å². The summed E-state index contributed by atoms with van der Waals surface area (Å²) in [6, 6.07) is 19.9. The maximum atomic E-state index is 12.6. The van der Waals surface area contributed by atoms with E-state index in [1.807, 2.05) is 55.5 Å². The molecule has 3 nitrogen and oxygen atoms in total. The van der Waals surface area contributed by atoms with Crippen molar-refractivity contribution in [2.75, 3.05) is 13.2 Å². The van der Waals surface area contributed by atoms with Gasteiger partial charge in [-0.1, -0.05) is 67.6 Å².